The van der Waals surface area contributed by atoms with Gasteiger partial charge in [-0.15, -0.1) is 6.42 Å². The molecule has 0 aliphatic carbocycles. The van der Waals surface area contributed by atoms with Crippen molar-refractivity contribution in [3.05, 3.63) is 132 Å². The van der Waals surface area contributed by atoms with E-state index in [0.717, 1.165) is 38.5 Å². The number of imidazole rings is 1. The Kier molecular flexibility index (Phi) is 5.77. The molecule has 0 fully saturated rings. The topological polar surface area (TPSA) is 17.8 Å². The molecule has 2 nitrogen and oxygen atoms in total. The van der Waals surface area contributed by atoms with Crippen molar-refractivity contribution in [1.29, 1.82) is 0 Å². The fraction of sp³-hybridized carbons (Fsp3) is 0.0263. The largest absolute Gasteiger partial charge is 0.292 e. The van der Waals surface area contributed by atoms with Crippen LogP contribution in [-0.2, 0) is 0 Å². The lowest BCUT2D eigenvalue weighted by Gasteiger charge is -2.12. The summed E-state index contributed by atoms with van der Waals surface area (Å²) in [7, 11) is 0. The third kappa shape index (κ3) is 3.88. The Bertz CT molecular complexity index is 2210. The van der Waals surface area contributed by atoms with E-state index in [0.29, 0.717) is 0 Å². The number of hydrogen-bond donors (Lipinski definition) is 0. The van der Waals surface area contributed by atoms with Gasteiger partial charge in [0.25, 0.3) is 0 Å². The van der Waals surface area contributed by atoms with Gasteiger partial charge in [0, 0.05) is 11.3 Å². The lowest BCUT2D eigenvalue weighted by molar-refractivity contribution is 1.10. The number of para-hydroxylation sites is 3. The molecule has 40 heavy (non-hydrogen) atoms. The second-order valence-corrected chi connectivity index (χ2v) is 9.94. The normalized spacial score (nSPS) is 12.4. The van der Waals surface area contributed by atoms with Crippen LogP contribution in [0.5, 0.6) is 0 Å². The van der Waals surface area contributed by atoms with Crippen LogP contribution in [0.25, 0.3) is 72.9 Å². The highest BCUT2D eigenvalue weighted by atomic mass is 15.1. The fourth-order valence-electron chi connectivity index (χ4n) is 5.75. The summed E-state index contributed by atoms with van der Waals surface area (Å²) in [5.41, 5.74) is 6.63. The van der Waals surface area contributed by atoms with Crippen molar-refractivity contribution in [3.8, 4) is 40.5 Å². The molecule has 188 valence electrons. The summed E-state index contributed by atoms with van der Waals surface area (Å²) in [5.74, 6) is 3.63. The van der Waals surface area contributed by atoms with E-state index in [2.05, 4.69) is 126 Å². The molecule has 0 saturated heterocycles. The maximum atomic E-state index is 5.63. The van der Waals surface area contributed by atoms with Crippen LogP contribution < -0.4 is 10.4 Å². The average Bonchev–Trinajstić information content (AvgIpc) is 3.41. The van der Waals surface area contributed by atoms with Gasteiger partial charge in [0.1, 0.15) is 5.82 Å². The van der Waals surface area contributed by atoms with Crippen LogP contribution in [0.15, 0.2) is 121 Å². The van der Waals surface area contributed by atoms with Crippen LogP contribution in [0.3, 0.4) is 0 Å². The number of benzene rings is 6. The third-order valence-electron chi connectivity index (χ3n) is 7.66. The lowest BCUT2D eigenvalue weighted by atomic mass is 9.93. The highest BCUT2D eigenvalue weighted by Crippen LogP contribution is 2.34. The molecule has 0 radical (unpaired) electrons. The van der Waals surface area contributed by atoms with Crippen LogP contribution in [0.2, 0.25) is 0 Å². The predicted molar refractivity (Wildman–Crippen MR) is 170 cm³/mol. The minimum atomic E-state index is 0.934. The highest BCUT2D eigenvalue weighted by molar-refractivity contribution is 6.12. The van der Waals surface area contributed by atoms with Crippen LogP contribution >= 0.6 is 0 Å². The molecule has 0 spiro atoms. The molecule has 0 N–H and O–H groups in total. The van der Waals surface area contributed by atoms with Crippen molar-refractivity contribution in [2.75, 3.05) is 0 Å². The van der Waals surface area contributed by atoms with Gasteiger partial charge in [0.2, 0.25) is 0 Å². The van der Waals surface area contributed by atoms with Gasteiger partial charge in [0.15, 0.2) is 0 Å². The van der Waals surface area contributed by atoms with Gasteiger partial charge >= 0.3 is 0 Å². The van der Waals surface area contributed by atoms with E-state index >= 15 is 0 Å². The SMILES string of the molecule is C#CC=c1cc2c(ccc3c(-c4ccc(-c5nc6ccccc6n5-c5ccccc5)cc4)cccc32)cc1=CC. The number of aromatic nitrogens is 2. The van der Waals surface area contributed by atoms with E-state index < -0.39 is 0 Å². The van der Waals surface area contributed by atoms with Crippen molar-refractivity contribution in [2.24, 2.45) is 0 Å². The van der Waals surface area contributed by atoms with Crippen molar-refractivity contribution in [3.63, 3.8) is 0 Å². The first kappa shape index (κ1) is 23.7. The van der Waals surface area contributed by atoms with Gasteiger partial charge in [-0.25, -0.2) is 4.98 Å². The summed E-state index contributed by atoms with van der Waals surface area (Å²) in [6, 6.07) is 42.9. The standard InChI is InChI=1S/C38H26N2/c1-3-11-29-25-35-30(24-26(29)4-2)22-23-34-32(14-10-15-33(34)35)27-18-20-28(21-19-27)38-39-36-16-8-9-17-37(36)40(38)31-12-6-5-7-13-31/h1,4-25H,2H3. The summed E-state index contributed by atoms with van der Waals surface area (Å²) in [4.78, 5) is 5.03. The quantitative estimate of drug-likeness (QED) is 0.175. The van der Waals surface area contributed by atoms with Crippen LogP contribution in [0.4, 0.5) is 0 Å². The van der Waals surface area contributed by atoms with E-state index in [-0.39, 0.29) is 0 Å². The number of nitrogens with zero attached hydrogens (tertiary/aromatic N) is 2. The highest BCUT2D eigenvalue weighted by Gasteiger charge is 2.14. The first-order valence-electron chi connectivity index (χ1n) is 13.5. The Balaban J connectivity index is 1.38. The van der Waals surface area contributed by atoms with Crippen molar-refractivity contribution in [1.82, 2.24) is 9.55 Å². The zero-order valence-electron chi connectivity index (χ0n) is 22.2. The monoisotopic (exact) mass is 510 g/mol. The lowest BCUT2D eigenvalue weighted by Crippen LogP contribution is -2.23. The molecule has 0 amide bonds. The smallest absolute Gasteiger partial charge is 0.145 e. The van der Waals surface area contributed by atoms with E-state index in [1.807, 2.05) is 25.1 Å². The molecular formula is C38H26N2. The molecule has 6 aromatic carbocycles. The minimum Gasteiger partial charge on any atom is -0.292 e. The molecule has 0 saturated carbocycles. The van der Waals surface area contributed by atoms with E-state index in [1.54, 1.807) is 0 Å². The Morgan fingerprint density at radius 3 is 2.25 bits per heavy atom. The van der Waals surface area contributed by atoms with Crippen molar-refractivity contribution in [2.45, 2.75) is 6.92 Å². The number of fused-ring (bicyclic) bond motifs is 4. The summed E-state index contributed by atoms with van der Waals surface area (Å²) in [6.07, 6.45) is 9.59. The van der Waals surface area contributed by atoms with Crippen LogP contribution in [-0.4, -0.2) is 9.55 Å². The molecule has 0 aliphatic rings. The Hall–Kier alpha value is -5.39. The zero-order valence-corrected chi connectivity index (χ0v) is 22.2. The zero-order chi connectivity index (χ0) is 27.1. The summed E-state index contributed by atoms with van der Waals surface area (Å²) in [6.45, 7) is 2.05. The molecule has 0 bridgehead atoms. The van der Waals surface area contributed by atoms with Gasteiger partial charge in [0.05, 0.1) is 11.0 Å². The van der Waals surface area contributed by atoms with Crippen molar-refractivity contribution < 1.29 is 0 Å². The van der Waals surface area contributed by atoms with E-state index in [4.69, 9.17) is 11.4 Å². The predicted octanol–water partition coefficient (Wildman–Crippen LogP) is 7.88. The van der Waals surface area contributed by atoms with E-state index in [1.165, 1.54) is 32.7 Å². The molecule has 0 unspecified atom stereocenters. The molecule has 2 heteroatoms. The summed E-state index contributed by atoms with van der Waals surface area (Å²) in [5, 5.41) is 7.08. The summed E-state index contributed by atoms with van der Waals surface area (Å²) >= 11 is 0. The van der Waals surface area contributed by atoms with Gasteiger partial charge in [-0.1, -0.05) is 96.9 Å². The minimum absolute atomic E-state index is 0.934. The maximum absolute atomic E-state index is 5.63. The van der Waals surface area contributed by atoms with Crippen LogP contribution in [0.1, 0.15) is 6.92 Å². The molecule has 1 aromatic heterocycles. The van der Waals surface area contributed by atoms with Crippen LogP contribution in [0, 0.1) is 12.3 Å². The first-order chi connectivity index (χ1) is 19.7. The number of hydrogen-bond acceptors (Lipinski definition) is 1. The Labute approximate surface area is 233 Å². The first-order valence-corrected chi connectivity index (χ1v) is 13.5. The molecular weight excluding hydrogens is 484 g/mol. The fourth-order valence-corrected chi connectivity index (χ4v) is 5.75. The number of rotatable bonds is 3. The van der Waals surface area contributed by atoms with Crippen molar-refractivity contribution >= 4 is 44.7 Å². The Morgan fingerprint density at radius 2 is 1.45 bits per heavy atom. The summed E-state index contributed by atoms with van der Waals surface area (Å²) < 4.78 is 2.24. The number of terminal acetylenes is 1. The second-order valence-electron chi connectivity index (χ2n) is 9.94. The second kappa shape index (κ2) is 9.73. The molecule has 7 rings (SSSR count). The van der Waals surface area contributed by atoms with Gasteiger partial charge in [-0.3, -0.25) is 4.57 Å². The third-order valence-corrected chi connectivity index (χ3v) is 7.66. The van der Waals surface area contributed by atoms with Gasteiger partial charge in [-0.05, 0) is 92.5 Å². The molecule has 1 heterocycles. The van der Waals surface area contributed by atoms with Gasteiger partial charge < -0.3 is 0 Å². The average molecular weight is 511 g/mol. The molecule has 0 aliphatic heterocycles. The molecule has 0 atom stereocenters. The molecule has 7 aromatic rings. The Morgan fingerprint density at radius 1 is 0.675 bits per heavy atom. The van der Waals surface area contributed by atoms with E-state index in [9.17, 15) is 0 Å². The van der Waals surface area contributed by atoms with Gasteiger partial charge in [-0.2, -0.15) is 0 Å². The maximum Gasteiger partial charge on any atom is 0.145 e.